The lowest BCUT2D eigenvalue weighted by Crippen LogP contribution is -2.13. The fourth-order valence-electron chi connectivity index (χ4n) is 1.16. The van der Waals surface area contributed by atoms with Gasteiger partial charge in [-0.05, 0) is 18.2 Å². The minimum Gasteiger partial charge on any atom is -0.366 e. The van der Waals surface area contributed by atoms with E-state index in [1.807, 2.05) is 0 Å². The number of nitrogens with two attached hydrogens (primary N) is 2. The van der Waals surface area contributed by atoms with Crippen molar-refractivity contribution in [1.29, 1.82) is 0 Å². The highest BCUT2D eigenvalue weighted by atomic mass is 35.5. The van der Waals surface area contributed by atoms with Gasteiger partial charge in [0.05, 0.1) is 5.56 Å². The molecular formula is C8H7ClFN5. The summed E-state index contributed by atoms with van der Waals surface area (Å²) in [4.78, 5) is 0. The third-order valence-corrected chi connectivity index (χ3v) is 2.13. The highest BCUT2D eigenvalue weighted by Gasteiger charge is 2.13. The van der Waals surface area contributed by atoms with E-state index in [1.54, 1.807) is 0 Å². The summed E-state index contributed by atoms with van der Waals surface area (Å²) >= 11 is 5.73. The van der Waals surface area contributed by atoms with Gasteiger partial charge in [-0.2, -0.15) is 0 Å². The molecule has 0 fully saturated rings. The lowest BCUT2D eigenvalue weighted by atomic mass is 10.2. The Kier molecular flexibility index (Phi) is 2.20. The van der Waals surface area contributed by atoms with Gasteiger partial charge in [-0.15, -0.1) is 10.2 Å². The average Bonchev–Trinajstić information content (AvgIpc) is 2.52. The van der Waals surface area contributed by atoms with E-state index in [2.05, 4.69) is 10.2 Å². The predicted octanol–water partition coefficient (Wildman–Crippen LogP) is 1.03. The molecular weight excluding hydrogens is 221 g/mol. The standard InChI is InChI=1S/C8H7ClFN5/c9-4-1-2-6(10)5(3-4)7-13-14-8(11)15(7)12/h1-3H,12H2,(H2,11,14). The zero-order chi connectivity index (χ0) is 11.0. The van der Waals surface area contributed by atoms with Crippen LogP contribution < -0.4 is 11.6 Å². The van der Waals surface area contributed by atoms with Gasteiger partial charge in [-0.25, -0.2) is 9.07 Å². The van der Waals surface area contributed by atoms with Gasteiger partial charge in [0.2, 0.25) is 5.95 Å². The molecule has 0 aliphatic rings. The van der Waals surface area contributed by atoms with Crippen LogP contribution >= 0.6 is 11.6 Å². The highest BCUT2D eigenvalue weighted by molar-refractivity contribution is 6.30. The summed E-state index contributed by atoms with van der Waals surface area (Å²) < 4.78 is 14.4. The molecule has 2 rings (SSSR count). The lowest BCUT2D eigenvalue weighted by molar-refractivity contribution is 0.629. The van der Waals surface area contributed by atoms with E-state index < -0.39 is 5.82 Å². The van der Waals surface area contributed by atoms with E-state index >= 15 is 0 Å². The van der Waals surface area contributed by atoms with Crippen molar-refractivity contribution in [3.63, 3.8) is 0 Å². The van der Waals surface area contributed by atoms with Crippen LogP contribution in [0.2, 0.25) is 5.02 Å². The number of nitrogen functional groups attached to an aromatic ring is 2. The van der Waals surface area contributed by atoms with Gasteiger partial charge in [0, 0.05) is 5.02 Å². The summed E-state index contributed by atoms with van der Waals surface area (Å²) in [6.45, 7) is 0. The SMILES string of the molecule is Nc1nnc(-c2cc(Cl)ccc2F)n1N. The molecule has 78 valence electrons. The second kappa shape index (κ2) is 3.39. The molecule has 0 amide bonds. The van der Waals surface area contributed by atoms with Crippen molar-refractivity contribution >= 4 is 17.5 Å². The smallest absolute Gasteiger partial charge is 0.241 e. The summed E-state index contributed by atoms with van der Waals surface area (Å²) in [7, 11) is 0. The molecule has 0 saturated heterocycles. The summed E-state index contributed by atoms with van der Waals surface area (Å²) in [6.07, 6.45) is 0. The Morgan fingerprint density at radius 1 is 1.33 bits per heavy atom. The Morgan fingerprint density at radius 2 is 2.07 bits per heavy atom. The number of hydrogen-bond acceptors (Lipinski definition) is 4. The van der Waals surface area contributed by atoms with Gasteiger partial charge in [0.15, 0.2) is 5.82 Å². The van der Waals surface area contributed by atoms with E-state index in [1.165, 1.54) is 18.2 Å². The second-order valence-corrected chi connectivity index (χ2v) is 3.31. The van der Waals surface area contributed by atoms with Gasteiger partial charge in [-0.3, -0.25) is 0 Å². The van der Waals surface area contributed by atoms with Gasteiger partial charge in [0.1, 0.15) is 5.82 Å². The van der Waals surface area contributed by atoms with Gasteiger partial charge >= 0.3 is 0 Å². The molecule has 0 saturated carbocycles. The van der Waals surface area contributed by atoms with Gasteiger partial charge < -0.3 is 11.6 Å². The van der Waals surface area contributed by atoms with Crippen LogP contribution in [-0.2, 0) is 0 Å². The number of halogens is 2. The zero-order valence-electron chi connectivity index (χ0n) is 7.48. The molecule has 4 N–H and O–H groups in total. The molecule has 0 spiro atoms. The average molecular weight is 228 g/mol. The van der Waals surface area contributed by atoms with E-state index in [0.29, 0.717) is 5.02 Å². The molecule has 0 atom stereocenters. The van der Waals surface area contributed by atoms with Crippen LogP contribution in [0.25, 0.3) is 11.4 Å². The normalized spacial score (nSPS) is 10.5. The largest absolute Gasteiger partial charge is 0.366 e. The van der Waals surface area contributed by atoms with Gasteiger partial charge in [-0.1, -0.05) is 11.6 Å². The quantitative estimate of drug-likeness (QED) is 0.713. The van der Waals surface area contributed by atoms with Crippen LogP contribution in [0.3, 0.4) is 0 Å². The van der Waals surface area contributed by atoms with Crippen LogP contribution in [-0.4, -0.2) is 14.9 Å². The van der Waals surface area contributed by atoms with Crippen molar-refractivity contribution in [2.75, 3.05) is 11.6 Å². The van der Waals surface area contributed by atoms with Crippen molar-refractivity contribution < 1.29 is 4.39 Å². The van der Waals surface area contributed by atoms with Crippen LogP contribution in [0.1, 0.15) is 0 Å². The Balaban J connectivity index is 2.63. The molecule has 7 heteroatoms. The molecule has 15 heavy (non-hydrogen) atoms. The number of anilines is 1. The van der Waals surface area contributed by atoms with Crippen molar-refractivity contribution in [1.82, 2.24) is 14.9 Å². The fourth-order valence-corrected chi connectivity index (χ4v) is 1.33. The Hall–Kier alpha value is -1.82. The molecule has 0 radical (unpaired) electrons. The molecule has 1 heterocycles. The summed E-state index contributed by atoms with van der Waals surface area (Å²) in [5.74, 6) is 5.16. The molecule has 0 aliphatic carbocycles. The van der Waals surface area contributed by atoms with E-state index in [0.717, 1.165) is 4.68 Å². The Bertz CT molecular complexity index is 510. The van der Waals surface area contributed by atoms with E-state index in [4.69, 9.17) is 23.2 Å². The molecule has 0 bridgehead atoms. The first-order chi connectivity index (χ1) is 7.09. The summed E-state index contributed by atoms with van der Waals surface area (Å²) in [5.41, 5.74) is 5.54. The number of aromatic nitrogens is 3. The first-order valence-corrected chi connectivity index (χ1v) is 4.39. The minimum atomic E-state index is -0.488. The van der Waals surface area contributed by atoms with Crippen LogP contribution in [0, 0.1) is 5.82 Å². The third kappa shape index (κ3) is 1.59. The summed E-state index contributed by atoms with van der Waals surface area (Å²) in [5, 5.41) is 7.55. The van der Waals surface area contributed by atoms with Crippen LogP contribution in [0.15, 0.2) is 18.2 Å². The monoisotopic (exact) mass is 227 g/mol. The zero-order valence-corrected chi connectivity index (χ0v) is 8.24. The maximum absolute atomic E-state index is 13.4. The predicted molar refractivity (Wildman–Crippen MR) is 55.0 cm³/mol. The van der Waals surface area contributed by atoms with Gasteiger partial charge in [0.25, 0.3) is 0 Å². The molecule has 0 aliphatic heterocycles. The van der Waals surface area contributed by atoms with Crippen molar-refractivity contribution in [3.8, 4) is 11.4 Å². The number of nitrogens with zero attached hydrogens (tertiary/aromatic N) is 3. The molecule has 1 aromatic carbocycles. The van der Waals surface area contributed by atoms with E-state index in [-0.39, 0.29) is 17.3 Å². The number of rotatable bonds is 1. The second-order valence-electron chi connectivity index (χ2n) is 2.88. The van der Waals surface area contributed by atoms with Crippen LogP contribution in [0.5, 0.6) is 0 Å². The number of hydrogen-bond donors (Lipinski definition) is 2. The van der Waals surface area contributed by atoms with Crippen molar-refractivity contribution in [2.45, 2.75) is 0 Å². The Morgan fingerprint density at radius 3 is 2.67 bits per heavy atom. The molecule has 2 aromatic rings. The fraction of sp³-hybridized carbons (Fsp3) is 0. The lowest BCUT2D eigenvalue weighted by Gasteiger charge is -2.02. The molecule has 1 aromatic heterocycles. The molecule has 5 nitrogen and oxygen atoms in total. The van der Waals surface area contributed by atoms with Crippen molar-refractivity contribution in [3.05, 3.63) is 29.0 Å². The molecule has 0 unspecified atom stereocenters. The maximum Gasteiger partial charge on any atom is 0.241 e. The topological polar surface area (TPSA) is 82.8 Å². The first-order valence-electron chi connectivity index (χ1n) is 4.01. The van der Waals surface area contributed by atoms with E-state index in [9.17, 15) is 4.39 Å². The first kappa shape index (κ1) is 9.72. The van der Waals surface area contributed by atoms with Crippen molar-refractivity contribution in [2.24, 2.45) is 0 Å². The number of benzene rings is 1. The minimum absolute atomic E-state index is 0.00405. The van der Waals surface area contributed by atoms with Crippen LogP contribution in [0.4, 0.5) is 10.3 Å². The Labute approximate surface area is 89.4 Å². The summed E-state index contributed by atoms with van der Waals surface area (Å²) in [6, 6.07) is 4.06. The third-order valence-electron chi connectivity index (χ3n) is 1.89. The maximum atomic E-state index is 13.4. The highest BCUT2D eigenvalue weighted by Crippen LogP contribution is 2.24.